The summed E-state index contributed by atoms with van der Waals surface area (Å²) in [6.07, 6.45) is 2.59. The van der Waals surface area contributed by atoms with Gasteiger partial charge in [0.2, 0.25) is 5.88 Å². The molecule has 8 heteroatoms. The lowest BCUT2D eigenvalue weighted by atomic mass is 10.1. The summed E-state index contributed by atoms with van der Waals surface area (Å²) >= 11 is 0. The van der Waals surface area contributed by atoms with Crippen LogP contribution in [0.4, 0.5) is 5.69 Å². The highest BCUT2D eigenvalue weighted by molar-refractivity contribution is 5.81. The molecule has 0 aliphatic heterocycles. The molecule has 0 bridgehead atoms. The standard InChI is InChI=1S/C23H26N2O6/c1-5-20(27)30-13-12-25-22(28)19(16(4)21(23(25)29)31-15-26)14-17-8-10-18(11-9-17)24(6-2)7-3/h5,8-11,14-15,29H,1,4,6-7,12-13H2,2-3H3/b19-14-. The van der Waals surface area contributed by atoms with Gasteiger partial charge in [-0.15, -0.1) is 0 Å². The van der Waals surface area contributed by atoms with Crippen molar-refractivity contribution in [3.63, 3.8) is 0 Å². The molecule has 0 saturated carbocycles. The molecule has 0 saturated heterocycles. The summed E-state index contributed by atoms with van der Waals surface area (Å²) in [6, 6.07) is 7.60. The molecule has 1 aromatic carbocycles. The fourth-order valence-corrected chi connectivity index (χ4v) is 3.11. The smallest absolute Gasteiger partial charge is 0.330 e. The van der Waals surface area contributed by atoms with E-state index in [1.807, 2.05) is 24.3 Å². The molecule has 0 fully saturated rings. The zero-order valence-corrected chi connectivity index (χ0v) is 17.7. The van der Waals surface area contributed by atoms with E-state index in [-0.39, 0.29) is 35.8 Å². The zero-order valence-electron chi connectivity index (χ0n) is 17.7. The molecular weight excluding hydrogens is 400 g/mol. The number of nitrogens with zero attached hydrogens (tertiary/aromatic N) is 2. The number of esters is 1. The van der Waals surface area contributed by atoms with Crippen LogP contribution in [-0.2, 0) is 20.9 Å². The molecule has 0 atom stereocenters. The van der Waals surface area contributed by atoms with E-state index in [4.69, 9.17) is 9.47 Å². The van der Waals surface area contributed by atoms with Crippen LogP contribution in [-0.4, -0.2) is 41.8 Å². The lowest BCUT2D eigenvalue weighted by Crippen LogP contribution is -2.45. The first kappa shape index (κ1) is 23.5. The van der Waals surface area contributed by atoms with E-state index in [0.717, 1.165) is 35.0 Å². The van der Waals surface area contributed by atoms with E-state index in [9.17, 15) is 19.5 Å². The van der Waals surface area contributed by atoms with Crippen LogP contribution >= 0.6 is 0 Å². The third kappa shape index (κ3) is 5.42. The summed E-state index contributed by atoms with van der Waals surface area (Å²) < 4.78 is 10.7. The second kappa shape index (κ2) is 10.8. The van der Waals surface area contributed by atoms with Gasteiger partial charge in [-0.05, 0) is 37.6 Å². The minimum atomic E-state index is -0.661. The SMILES string of the molecule is C=CC(=O)OCCn1c(O)c(OC=O)c(=C)/c(=C/c2ccc(N(CC)CC)cc2)c1=O. The van der Waals surface area contributed by atoms with Gasteiger partial charge in [0.25, 0.3) is 12.0 Å². The van der Waals surface area contributed by atoms with Gasteiger partial charge in [0, 0.05) is 30.1 Å². The maximum atomic E-state index is 13.0. The van der Waals surface area contributed by atoms with Crippen molar-refractivity contribution in [2.45, 2.75) is 20.4 Å². The summed E-state index contributed by atoms with van der Waals surface area (Å²) in [6.45, 7) is 12.8. The number of hydrogen-bond acceptors (Lipinski definition) is 7. The Bertz CT molecular complexity index is 1110. The third-order valence-electron chi connectivity index (χ3n) is 4.76. The molecule has 31 heavy (non-hydrogen) atoms. The van der Waals surface area contributed by atoms with E-state index in [1.165, 1.54) is 0 Å². The zero-order chi connectivity index (χ0) is 23.0. The number of ether oxygens (including phenoxy) is 2. The first-order valence-electron chi connectivity index (χ1n) is 9.78. The molecule has 0 spiro atoms. The molecule has 0 aliphatic rings. The van der Waals surface area contributed by atoms with Crippen molar-refractivity contribution < 1.29 is 24.2 Å². The number of benzene rings is 1. The number of aromatic nitrogens is 1. The van der Waals surface area contributed by atoms with Crippen LogP contribution in [0.1, 0.15) is 19.4 Å². The minimum Gasteiger partial charge on any atom is -0.492 e. The third-order valence-corrected chi connectivity index (χ3v) is 4.76. The van der Waals surface area contributed by atoms with Gasteiger partial charge in [0.15, 0.2) is 5.75 Å². The largest absolute Gasteiger partial charge is 0.492 e. The van der Waals surface area contributed by atoms with Gasteiger partial charge in [-0.1, -0.05) is 25.3 Å². The Morgan fingerprint density at radius 2 is 1.87 bits per heavy atom. The molecule has 2 rings (SSSR count). The van der Waals surface area contributed by atoms with Gasteiger partial charge < -0.3 is 19.5 Å². The van der Waals surface area contributed by atoms with Crippen molar-refractivity contribution in [3.05, 3.63) is 63.3 Å². The van der Waals surface area contributed by atoms with E-state index in [2.05, 4.69) is 31.9 Å². The van der Waals surface area contributed by atoms with Crippen molar-refractivity contribution in [2.24, 2.45) is 0 Å². The monoisotopic (exact) mass is 426 g/mol. The average molecular weight is 426 g/mol. The van der Waals surface area contributed by atoms with E-state index < -0.39 is 17.4 Å². The summed E-state index contributed by atoms with van der Waals surface area (Å²) in [7, 11) is 0. The average Bonchev–Trinajstić information content (AvgIpc) is 2.78. The molecule has 1 N–H and O–H groups in total. The molecule has 0 amide bonds. The van der Waals surface area contributed by atoms with Crippen LogP contribution in [0, 0.1) is 0 Å². The second-order valence-electron chi connectivity index (χ2n) is 6.50. The van der Waals surface area contributed by atoms with Crippen LogP contribution in [0.2, 0.25) is 0 Å². The van der Waals surface area contributed by atoms with Gasteiger partial charge in [-0.2, -0.15) is 0 Å². The molecule has 2 aromatic rings. The molecule has 0 radical (unpaired) electrons. The Kier molecular flexibility index (Phi) is 8.19. The van der Waals surface area contributed by atoms with Crippen molar-refractivity contribution in [1.82, 2.24) is 4.57 Å². The van der Waals surface area contributed by atoms with Gasteiger partial charge in [0.05, 0.1) is 11.8 Å². The van der Waals surface area contributed by atoms with Gasteiger partial charge in [-0.3, -0.25) is 14.2 Å². The van der Waals surface area contributed by atoms with Gasteiger partial charge in [0.1, 0.15) is 6.61 Å². The molecule has 1 aromatic heterocycles. The number of carbonyl (C=O) groups is 2. The lowest BCUT2D eigenvalue weighted by Gasteiger charge is -2.20. The summed E-state index contributed by atoms with van der Waals surface area (Å²) in [5.74, 6) is -1.48. The quantitative estimate of drug-likeness (QED) is 0.342. The highest BCUT2D eigenvalue weighted by Gasteiger charge is 2.15. The van der Waals surface area contributed by atoms with E-state index in [0.29, 0.717) is 0 Å². The Morgan fingerprint density at radius 3 is 2.42 bits per heavy atom. The summed E-state index contributed by atoms with van der Waals surface area (Å²) in [5, 5.41) is 10.6. The Balaban J connectivity index is 2.56. The minimum absolute atomic E-state index is 0.0711. The maximum absolute atomic E-state index is 13.0. The Labute approximate surface area is 179 Å². The summed E-state index contributed by atoms with van der Waals surface area (Å²) in [5.41, 5.74) is 1.21. The molecule has 1 heterocycles. The highest BCUT2D eigenvalue weighted by atomic mass is 16.5. The molecule has 8 nitrogen and oxygen atoms in total. The van der Waals surface area contributed by atoms with Gasteiger partial charge in [-0.25, -0.2) is 4.79 Å². The van der Waals surface area contributed by atoms with Crippen molar-refractivity contribution in [3.8, 4) is 11.6 Å². The van der Waals surface area contributed by atoms with Gasteiger partial charge >= 0.3 is 5.97 Å². The maximum Gasteiger partial charge on any atom is 0.330 e. The first-order chi connectivity index (χ1) is 14.9. The van der Waals surface area contributed by atoms with Crippen LogP contribution < -0.4 is 25.6 Å². The Hall–Kier alpha value is -3.81. The number of anilines is 1. The van der Waals surface area contributed by atoms with Crippen LogP contribution in [0.5, 0.6) is 11.6 Å². The molecule has 164 valence electrons. The van der Waals surface area contributed by atoms with Crippen molar-refractivity contribution >= 4 is 30.8 Å². The normalized spacial score (nSPS) is 11.1. The van der Waals surface area contributed by atoms with Crippen molar-refractivity contribution in [2.75, 3.05) is 24.6 Å². The topological polar surface area (TPSA) is 98.1 Å². The highest BCUT2D eigenvalue weighted by Crippen LogP contribution is 2.18. The number of carbonyl (C=O) groups excluding carboxylic acids is 2. The lowest BCUT2D eigenvalue weighted by molar-refractivity contribution is -0.138. The summed E-state index contributed by atoms with van der Waals surface area (Å²) in [4.78, 5) is 37.3. The number of rotatable bonds is 10. The fourth-order valence-electron chi connectivity index (χ4n) is 3.11. The van der Waals surface area contributed by atoms with E-state index >= 15 is 0 Å². The predicted octanol–water partition coefficient (Wildman–Crippen LogP) is 0.904. The number of aromatic hydroxyl groups is 1. The molecule has 0 unspecified atom stereocenters. The number of pyridine rings is 1. The first-order valence-corrected chi connectivity index (χ1v) is 9.78. The van der Waals surface area contributed by atoms with Crippen LogP contribution in [0.3, 0.4) is 0 Å². The van der Waals surface area contributed by atoms with Crippen LogP contribution in [0.25, 0.3) is 12.7 Å². The van der Waals surface area contributed by atoms with Crippen molar-refractivity contribution in [1.29, 1.82) is 0 Å². The molecule has 0 aliphatic carbocycles. The second-order valence-corrected chi connectivity index (χ2v) is 6.50. The number of hydrogen-bond donors (Lipinski definition) is 1. The Morgan fingerprint density at radius 1 is 1.23 bits per heavy atom. The van der Waals surface area contributed by atoms with E-state index in [1.54, 1.807) is 6.08 Å². The molecular formula is C23H26N2O6. The predicted molar refractivity (Wildman–Crippen MR) is 119 cm³/mol. The fraction of sp³-hybridized carbons (Fsp3) is 0.261. The van der Waals surface area contributed by atoms with Crippen LogP contribution in [0.15, 0.2) is 41.7 Å².